The van der Waals surface area contributed by atoms with Gasteiger partial charge in [0.05, 0.1) is 18.5 Å². The molecule has 1 heterocycles. The number of nitrogens with two attached hydrogens (primary N) is 3. The van der Waals surface area contributed by atoms with E-state index in [0.29, 0.717) is 5.56 Å². The van der Waals surface area contributed by atoms with Crippen LogP contribution >= 0.6 is 0 Å². The molecule has 2 rings (SSSR count). The molecule has 2 amide bonds. The molecular weight excluding hydrogens is 288 g/mol. The SMILES string of the molecule is COC(=O)C1(C(N)=O)C(C(N)=O)=NC(c2ccccc2)=C1N. The topological polar surface area (TPSA) is 151 Å². The highest BCUT2D eigenvalue weighted by Gasteiger charge is 2.59. The molecule has 8 heteroatoms. The van der Waals surface area contributed by atoms with Crippen molar-refractivity contribution >= 4 is 29.2 Å². The van der Waals surface area contributed by atoms with Gasteiger partial charge < -0.3 is 21.9 Å². The van der Waals surface area contributed by atoms with Crippen molar-refractivity contribution in [1.82, 2.24) is 0 Å². The van der Waals surface area contributed by atoms with Crippen molar-refractivity contribution in [3.8, 4) is 0 Å². The van der Waals surface area contributed by atoms with E-state index < -0.39 is 28.9 Å². The number of nitrogens with zero attached hydrogens (tertiary/aromatic N) is 1. The minimum absolute atomic E-state index is 0.0820. The van der Waals surface area contributed by atoms with Gasteiger partial charge in [-0.05, 0) is 0 Å². The van der Waals surface area contributed by atoms with E-state index in [0.717, 1.165) is 7.11 Å². The number of primary amides is 2. The number of benzene rings is 1. The van der Waals surface area contributed by atoms with Gasteiger partial charge in [0.1, 0.15) is 5.71 Å². The summed E-state index contributed by atoms with van der Waals surface area (Å²) >= 11 is 0. The summed E-state index contributed by atoms with van der Waals surface area (Å²) in [4.78, 5) is 39.7. The Balaban J connectivity index is 2.79. The van der Waals surface area contributed by atoms with Crippen LogP contribution in [0.4, 0.5) is 0 Å². The number of esters is 1. The number of aliphatic imine (C=N–C) groups is 1. The molecular formula is C14H14N4O4. The van der Waals surface area contributed by atoms with Crippen molar-refractivity contribution < 1.29 is 19.1 Å². The Labute approximate surface area is 125 Å². The fourth-order valence-corrected chi connectivity index (χ4v) is 2.33. The molecule has 1 aromatic rings. The lowest BCUT2D eigenvalue weighted by molar-refractivity contribution is -0.151. The number of carbonyl (C=O) groups is 3. The van der Waals surface area contributed by atoms with Gasteiger partial charge in [-0.1, -0.05) is 30.3 Å². The third-order valence-electron chi connectivity index (χ3n) is 3.38. The van der Waals surface area contributed by atoms with Crippen LogP contribution in [-0.2, 0) is 19.1 Å². The molecule has 8 nitrogen and oxygen atoms in total. The van der Waals surface area contributed by atoms with Crippen molar-refractivity contribution in [2.45, 2.75) is 0 Å². The van der Waals surface area contributed by atoms with E-state index in [9.17, 15) is 14.4 Å². The average Bonchev–Trinajstić information content (AvgIpc) is 2.82. The molecule has 0 saturated carbocycles. The van der Waals surface area contributed by atoms with Crippen molar-refractivity contribution in [1.29, 1.82) is 0 Å². The Morgan fingerprint density at radius 2 is 1.73 bits per heavy atom. The van der Waals surface area contributed by atoms with Crippen LogP contribution in [-0.4, -0.2) is 30.6 Å². The van der Waals surface area contributed by atoms with Gasteiger partial charge in [0.2, 0.25) is 11.3 Å². The molecule has 0 fully saturated rings. The monoisotopic (exact) mass is 302 g/mol. The molecule has 0 aliphatic carbocycles. The zero-order chi connectivity index (χ0) is 16.5. The first-order valence-electron chi connectivity index (χ1n) is 6.20. The third kappa shape index (κ3) is 1.93. The zero-order valence-electron chi connectivity index (χ0n) is 11.7. The highest BCUT2D eigenvalue weighted by Crippen LogP contribution is 2.40. The zero-order valence-corrected chi connectivity index (χ0v) is 11.7. The van der Waals surface area contributed by atoms with Gasteiger partial charge in [-0.15, -0.1) is 0 Å². The maximum absolute atomic E-state index is 12.2. The fourth-order valence-electron chi connectivity index (χ4n) is 2.33. The van der Waals surface area contributed by atoms with E-state index in [-0.39, 0.29) is 11.4 Å². The number of carbonyl (C=O) groups excluding carboxylic acids is 3. The van der Waals surface area contributed by atoms with E-state index in [2.05, 4.69) is 9.73 Å². The summed E-state index contributed by atoms with van der Waals surface area (Å²) in [5.74, 6) is -3.38. The quantitative estimate of drug-likeness (QED) is 0.476. The van der Waals surface area contributed by atoms with Crippen molar-refractivity contribution in [2.24, 2.45) is 27.6 Å². The first-order valence-corrected chi connectivity index (χ1v) is 6.20. The van der Waals surface area contributed by atoms with Crippen molar-refractivity contribution in [3.05, 3.63) is 41.6 Å². The fraction of sp³-hybridized carbons (Fsp3) is 0.143. The van der Waals surface area contributed by atoms with Gasteiger partial charge in [0.25, 0.3) is 5.91 Å². The maximum atomic E-state index is 12.2. The smallest absolute Gasteiger partial charge is 0.334 e. The van der Waals surface area contributed by atoms with Gasteiger partial charge in [0, 0.05) is 5.56 Å². The normalized spacial score (nSPS) is 20.5. The minimum atomic E-state index is -2.31. The van der Waals surface area contributed by atoms with Crippen LogP contribution in [0.1, 0.15) is 5.56 Å². The first-order chi connectivity index (χ1) is 10.4. The Bertz CT molecular complexity index is 724. The molecule has 0 spiro atoms. The molecule has 6 N–H and O–H groups in total. The van der Waals surface area contributed by atoms with Crippen LogP contribution in [0.25, 0.3) is 5.70 Å². The summed E-state index contributed by atoms with van der Waals surface area (Å²) in [6.45, 7) is 0. The summed E-state index contributed by atoms with van der Waals surface area (Å²) in [7, 11) is 1.04. The molecule has 0 aromatic heterocycles. The highest BCUT2D eigenvalue weighted by molar-refractivity contribution is 6.52. The number of amides is 2. The molecule has 0 saturated heterocycles. The number of rotatable bonds is 4. The van der Waals surface area contributed by atoms with E-state index in [1.54, 1.807) is 30.3 Å². The van der Waals surface area contributed by atoms with Gasteiger partial charge in [0.15, 0.2) is 0 Å². The average molecular weight is 302 g/mol. The Kier molecular flexibility index (Phi) is 3.68. The molecule has 1 aromatic carbocycles. The second-order valence-corrected chi connectivity index (χ2v) is 4.56. The van der Waals surface area contributed by atoms with Crippen LogP contribution in [0.2, 0.25) is 0 Å². The van der Waals surface area contributed by atoms with E-state index in [1.165, 1.54) is 0 Å². The van der Waals surface area contributed by atoms with Crippen LogP contribution in [0.15, 0.2) is 41.0 Å². The second kappa shape index (κ2) is 5.32. The predicted molar refractivity (Wildman–Crippen MR) is 77.8 cm³/mol. The maximum Gasteiger partial charge on any atom is 0.334 e. The third-order valence-corrected chi connectivity index (χ3v) is 3.38. The Hall–Kier alpha value is -3.16. The number of ether oxygens (including phenoxy) is 1. The lowest BCUT2D eigenvalue weighted by atomic mass is 9.79. The number of methoxy groups -OCH3 is 1. The van der Waals surface area contributed by atoms with E-state index in [4.69, 9.17) is 17.2 Å². The van der Waals surface area contributed by atoms with Crippen LogP contribution in [0.5, 0.6) is 0 Å². The highest BCUT2D eigenvalue weighted by atomic mass is 16.5. The molecule has 1 aliphatic heterocycles. The molecule has 0 bridgehead atoms. The summed E-state index contributed by atoms with van der Waals surface area (Å²) in [5.41, 5.74) is 14.0. The summed E-state index contributed by atoms with van der Waals surface area (Å²) in [5, 5.41) is 0. The summed E-state index contributed by atoms with van der Waals surface area (Å²) in [6, 6.07) is 8.47. The Morgan fingerprint density at radius 1 is 1.14 bits per heavy atom. The first kappa shape index (κ1) is 15.2. The molecule has 1 aliphatic rings. The van der Waals surface area contributed by atoms with Gasteiger partial charge >= 0.3 is 5.97 Å². The van der Waals surface area contributed by atoms with Crippen LogP contribution < -0.4 is 17.2 Å². The van der Waals surface area contributed by atoms with Gasteiger partial charge in [-0.3, -0.25) is 14.4 Å². The molecule has 1 atom stereocenters. The van der Waals surface area contributed by atoms with Crippen LogP contribution in [0, 0.1) is 5.41 Å². The summed E-state index contributed by atoms with van der Waals surface area (Å²) < 4.78 is 4.59. The van der Waals surface area contributed by atoms with Crippen molar-refractivity contribution in [3.63, 3.8) is 0 Å². The van der Waals surface area contributed by atoms with Crippen LogP contribution in [0.3, 0.4) is 0 Å². The second-order valence-electron chi connectivity index (χ2n) is 4.56. The van der Waals surface area contributed by atoms with Gasteiger partial charge in [-0.2, -0.15) is 0 Å². The largest absolute Gasteiger partial charge is 0.468 e. The van der Waals surface area contributed by atoms with Gasteiger partial charge in [-0.25, -0.2) is 4.99 Å². The predicted octanol–water partition coefficient (Wildman–Crippen LogP) is -1.10. The Morgan fingerprint density at radius 3 is 2.18 bits per heavy atom. The lowest BCUT2D eigenvalue weighted by Gasteiger charge is -2.24. The lowest BCUT2D eigenvalue weighted by Crippen LogP contribution is -2.55. The molecule has 0 radical (unpaired) electrons. The molecule has 22 heavy (non-hydrogen) atoms. The van der Waals surface area contributed by atoms with E-state index in [1.807, 2.05) is 0 Å². The minimum Gasteiger partial charge on any atom is -0.468 e. The van der Waals surface area contributed by atoms with Crippen molar-refractivity contribution in [2.75, 3.05) is 7.11 Å². The molecule has 114 valence electrons. The number of hydrogen-bond donors (Lipinski definition) is 3. The standard InChI is InChI=1S/C14H14N4O4/c1-22-13(21)14(12(17)20)9(15)8(18-10(14)11(16)19)7-5-3-2-4-6-7/h2-6H,15H2,1H3,(H2,16,19)(H2,17,20). The van der Waals surface area contributed by atoms with E-state index >= 15 is 0 Å². The number of hydrogen-bond acceptors (Lipinski definition) is 6. The molecule has 1 unspecified atom stereocenters. The summed E-state index contributed by atoms with van der Waals surface area (Å²) in [6.07, 6.45) is 0.